The van der Waals surface area contributed by atoms with Gasteiger partial charge in [-0.25, -0.2) is 0 Å². The van der Waals surface area contributed by atoms with Crippen LogP contribution < -0.4 is 5.32 Å². The number of benzene rings is 1. The van der Waals surface area contributed by atoms with E-state index in [1.165, 1.54) is 31.2 Å². The molecule has 1 aliphatic rings. The zero-order valence-corrected chi connectivity index (χ0v) is 13.5. The second-order valence-electron chi connectivity index (χ2n) is 5.30. The number of aliphatic hydroxyl groups is 3. The van der Waals surface area contributed by atoms with Crippen molar-refractivity contribution in [2.75, 3.05) is 6.61 Å². The standard InChI is InChI=1S/C14H18N2O7S/c1-7(18)15-11-13(20)12(19)10(6-17)23-14(11)24-9-4-2-8(3-5-9)16(21)22/h2-5,10-14,17,19-20H,6H2,1H3,(H,15,18)/t10-,11-,12-,13-,14-/m1/s1. The molecule has 24 heavy (non-hydrogen) atoms. The van der Waals surface area contributed by atoms with Crippen molar-refractivity contribution < 1.29 is 29.8 Å². The molecule has 2 rings (SSSR count). The Balaban J connectivity index is 2.19. The number of hydrogen-bond donors (Lipinski definition) is 4. The van der Waals surface area contributed by atoms with Crippen LogP contribution in [0.25, 0.3) is 0 Å². The normalized spacial score (nSPS) is 29.9. The zero-order chi connectivity index (χ0) is 17.9. The maximum Gasteiger partial charge on any atom is 0.269 e. The van der Waals surface area contributed by atoms with E-state index >= 15 is 0 Å². The van der Waals surface area contributed by atoms with Crippen LogP contribution in [0, 0.1) is 10.1 Å². The fourth-order valence-corrected chi connectivity index (χ4v) is 3.49. The monoisotopic (exact) mass is 358 g/mol. The highest BCUT2D eigenvalue weighted by molar-refractivity contribution is 7.99. The van der Waals surface area contributed by atoms with Crippen LogP contribution in [0.2, 0.25) is 0 Å². The Kier molecular flexibility index (Phi) is 6.13. The van der Waals surface area contributed by atoms with Crippen LogP contribution >= 0.6 is 11.8 Å². The average molecular weight is 358 g/mol. The van der Waals surface area contributed by atoms with Crippen LogP contribution in [0.3, 0.4) is 0 Å². The number of carbonyl (C=O) groups excluding carboxylic acids is 1. The number of nitrogens with zero attached hydrogens (tertiary/aromatic N) is 1. The molecule has 0 aliphatic carbocycles. The first-order valence-corrected chi connectivity index (χ1v) is 8.02. The largest absolute Gasteiger partial charge is 0.394 e. The van der Waals surface area contributed by atoms with Crippen LogP contribution in [-0.2, 0) is 9.53 Å². The first-order valence-electron chi connectivity index (χ1n) is 7.14. The van der Waals surface area contributed by atoms with E-state index in [-0.39, 0.29) is 5.69 Å². The summed E-state index contributed by atoms with van der Waals surface area (Å²) in [5, 5.41) is 42.6. The summed E-state index contributed by atoms with van der Waals surface area (Å²) in [6.07, 6.45) is -3.67. The number of hydrogen-bond acceptors (Lipinski definition) is 8. The van der Waals surface area contributed by atoms with Gasteiger partial charge in [0.25, 0.3) is 5.69 Å². The Labute approximate surface area is 141 Å². The summed E-state index contributed by atoms with van der Waals surface area (Å²) in [6.45, 7) is 0.771. The number of thioether (sulfide) groups is 1. The average Bonchev–Trinajstić information content (AvgIpc) is 2.54. The lowest BCUT2D eigenvalue weighted by Crippen LogP contribution is -2.63. The molecule has 1 saturated heterocycles. The number of aliphatic hydroxyl groups excluding tert-OH is 3. The molecule has 5 atom stereocenters. The van der Waals surface area contributed by atoms with Crippen LogP contribution in [0.15, 0.2) is 29.2 Å². The third-order valence-electron chi connectivity index (χ3n) is 3.55. The summed E-state index contributed by atoms with van der Waals surface area (Å²) in [4.78, 5) is 22.1. The Morgan fingerprint density at radius 2 is 1.96 bits per heavy atom. The second-order valence-corrected chi connectivity index (χ2v) is 6.47. The number of carbonyl (C=O) groups is 1. The first kappa shape index (κ1) is 18.6. The lowest BCUT2D eigenvalue weighted by atomic mass is 9.98. The summed E-state index contributed by atoms with van der Waals surface area (Å²) < 4.78 is 5.57. The van der Waals surface area contributed by atoms with Crippen LogP contribution in [0.1, 0.15) is 6.92 Å². The minimum atomic E-state index is -1.35. The Bertz CT molecular complexity index is 597. The number of nitrogens with one attached hydrogen (secondary N) is 1. The maximum absolute atomic E-state index is 11.3. The number of rotatable bonds is 5. The first-order chi connectivity index (χ1) is 11.3. The predicted octanol–water partition coefficient (Wildman–Crippen LogP) is -0.369. The van der Waals surface area contributed by atoms with Crippen molar-refractivity contribution in [1.29, 1.82) is 0 Å². The van der Waals surface area contributed by atoms with Crippen LogP contribution in [0.4, 0.5) is 5.69 Å². The van der Waals surface area contributed by atoms with E-state index in [2.05, 4.69) is 5.32 Å². The molecule has 1 fully saturated rings. The van der Waals surface area contributed by atoms with Crippen LogP contribution in [-0.4, -0.2) is 62.5 Å². The van der Waals surface area contributed by atoms with Gasteiger partial charge < -0.3 is 25.4 Å². The molecule has 0 aromatic heterocycles. The Hall–Kier alpha value is -1.72. The van der Waals surface area contributed by atoms with Gasteiger partial charge in [0.15, 0.2) is 0 Å². The molecular weight excluding hydrogens is 340 g/mol. The number of nitro groups is 1. The molecule has 0 bridgehead atoms. The van der Waals surface area contributed by atoms with E-state index in [1.807, 2.05) is 0 Å². The van der Waals surface area contributed by atoms with Gasteiger partial charge in [-0.1, -0.05) is 11.8 Å². The van der Waals surface area contributed by atoms with Gasteiger partial charge >= 0.3 is 0 Å². The Morgan fingerprint density at radius 3 is 2.46 bits per heavy atom. The van der Waals surface area contributed by atoms with Crippen molar-refractivity contribution >= 4 is 23.4 Å². The van der Waals surface area contributed by atoms with E-state index in [0.29, 0.717) is 4.90 Å². The van der Waals surface area contributed by atoms with Gasteiger partial charge in [-0.15, -0.1) is 0 Å². The van der Waals surface area contributed by atoms with Gasteiger partial charge in [0.2, 0.25) is 5.91 Å². The van der Waals surface area contributed by atoms with Crippen molar-refractivity contribution in [2.24, 2.45) is 0 Å². The molecule has 132 valence electrons. The number of amides is 1. The van der Waals surface area contributed by atoms with E-state index in [4.69, 9.17) is 4.74 Å². The van der Waals surface area contributed by atoms with E-state index in [0.717, 1.165) is 11.8 Å². The number of non-ortho nitro benzene ring substituents is 1. The summed E-state index contributed by atoms with van der Waals surface area (Å²) in [5.41, 5.74) is -0.850. The molecule has 1 aromatic carbocycles. The fraction of sp³-hybridized carbons (Fsp3) is 0.500. The smallest absolute Gasteiger partial charge is 0.269 e. The molecule has 1 aliphatic heterocycles. The van der Waals surface area contributed by atoms with E-state index in [9.17, 15) is 30.2 Å². The summed E-state index contributed by atoms with van der Waals surface area (Å²) in [6, 6.07) is 4.78. The minimum Gasteiger partial charge on any atom is -0.394 e. The highest BCUT2D eigenvalue weighted by atomic mass is 32.2. The summed E-state index contributed by atoms with van der Waals surface area (Å²) in [5.74, 6) is -0.411. The summed E-state index contributed by atoms with van der Waals surface area (Å²) >= 11 is 1.12. The molecule has 0 spiro atoms. The molecular formula is C14H18N2O7S. The van der Waals surface area contributed by atoms with Gasteiger partial charge in [0.1, 0.15) is 23.7 Å². The lowest BCUT2D eigenvalue weighted by Gasteiger charge is -2.42. The molecule has 4 N–H and O–H groups in total. The molecule has 1 aromatic rings. The second kappa shape index (κ2) is 7.90. The van der Waals surface area contributed by atoms with Crippen molar-refractivity contribution in [2.45, 2.75) is 41.6 Å². The molecule has 0 saturated carbocycles. The highest BCUT2D eigenvalue weighted by Gasteiger charge is 2.45. The number of nitro benzene ring substituents is 1. The van der Waals surface area contributed by atoms with E-state index < -0.39 is 47.2 Å². The van der Waals surface area contributed by atoms with Gasteiger partial charge in [-0.05, 0) is 12.1 Å². The SMILES string of the molecule is CC(=O)N[C@@H]1[C@@H](O)[C@H](O)[C@@H](CO)O[C@@H]1Sc1ccc([N+](=O)[O-])cc1. The van der Waals surface area contributed by atoms with Crippen molar-refractivity contribution in [3.8, 4) is 0 Å². The molecule has 1 amide bonds. The van der Waals surface area contributed by atoms with Gasteiger partial charge in [-0.3, -0.25) is 14.9 Å². The topological polar surface area (TPSA) is 142 Å². The van der Waals surface area contributed by atoms with Gasteiger partial charge in [0.05, 0.1) is 17.6 Å². The fourth-order valence-electron chi connectivity index (χ4n) is 2.35. The quantitative estimate of drug-likeness (QED) is 0.412. The summed E-state index contributed by atoms with van der Waals surface area (Å²) in [7, 11) is 0. The third kappa shape index (κ3) is 4.22. The highest BCUT2D eigenvalue weighted by Crippen LogP contribution is 2.34. The minimum absolute atomic E-state index is 0.0639. The zero-order valence-electron chi connectivity index (χ0n) is 12.7. The number of ether oxygens (including phenoxy) is 1. The lowest BCUT2D eigenvalue weighted by molar-refractivity contribution is -0.384. The van der Waals surface area contributed by atoms with Crippen LogP contribution in [0.5, 0.6) is 0 Å². The van der Waals surface area contributed by atoms with E-state index in [1.54, 1.807) is 0 Å². The van der Waals surface area contributed by atoms with Crippen molar-refractivity contribution in [3.63, 3.8) is 0 Å². The molecule has 9 nitrogen and oxygen atoms in total. The van der Waals surface area contributed by atoms with Gasteiger partial charge in [-0.2, -0.15) is 0 Å². The van der Waals surface area contributed by atoms with Crippen molar-refractivity contribution in [1.82, 2.24) is 5.32 Å². The Morgan fingerprint density at radius 1 is 1.33 bits per heavy atom. The molecule has 0 unspecified atom stereocenters. The third-order valence-corrected chi connectivity index (χ3v) is 4.73. The molecule has 10 heteroatoms. The van der Waals surface area contributed by atoms with Crippen molar-refractivity contribution in [3.05, 3.63) is 34.4 Å². The van der Waals surface area contributed by atoms with Gasteiger partial charge in [0, 0.05) is 24.0 Å². The predicted molar refractivity (Wildman–Crippen MR) is 84.3 cm³/mol. The molecule has 0 radical (unpaired) electrons. The molecule has 1 heterocycles. The maximum atomic E-state index is 11.3.